The van der Waals surface area contributed by atoms with Gasteiger partial charge in [-0.2, -0.15) is 0 Å². The Morgan fingerprint density at radius 1 is 1.17 bits per heavy atom. The molecule has 0 fully saturated rings. The van der Waals surface area contributed by atoms with Gasteiger partial charge in [0.15, 0.2) is 11.5 Å². The Hall–Kier alpha value is -1.91. The summed E-state index contributed by atoms with van der Waals surface area (Å²) < 4.78 is 21.1. The van der Waals surface area contributed by atoms with Gasteiger partial charge in [0.25, 0.3) is 0 Å². The minimum atomic E-state index is -0.380. The van der Waals surface area contributed by atoms with Crippen LogP contribution in [0.3, 0.4) is 0 Å². The summed E-state index contributed by atoms with van der Waals surface area (Å²) in [5.41, 5.74) is 1.22. The van der Waals surface area contributed by atoms with Gasteiger partial charge in [-0.3, -0.25) is 0 Å². The standard InChI is InChI=1S/C13H16O5/c1-5-8-7-6-9(15-2)11(16-3)12(17-4)10(7)13(14)18-8/h6,8H,5H2,1-4H3. The second-order valence-corrected chi connectivity index (χ2v) is 3.91. The van der Waals surface area contributed by atoms with Gasteiger partial charge in [-0.1, -0.05) is 6.92 Å². The van der Waals surface area contributed by atoms with Crippen molar-refractivity contribution in [1.82, 2.24) is 0 Å². The predicted octanol–water partition coefficient (Wildman–Crippen LogP) is 2.33. The fourth-order valence-corrected chi connectivity index (χ4v) is 2.19. The van der Waals surface area contributed by atoms with Gasteiger partial charge < -0.3 is 18.9 Å². The molecule has 0 radical (unpaired) electrons. The summed E-state index contributed by atoms with van der Waals surface area (Å²) >= 11 is 0. The lowest BCUT2D eigenvalue weighted by Gasteiger charge is -2.15. The highest BCUT2D eigenvalue weighted by molar-refractivity contribution is 5.98. The maximum absolute atomic E-state index is 11.9. The van der Waals surface area contributed by atoms with Gasteiger partial charge in [-0.05, 0) is 12.5 Å². The van der Waals surface area contributed by atoms with E-state index in [0.717, 1.165) is 5.56 Å². The molecule has 1 aliphatic heterocycles. The Kier molecular flexibility index (Phi) is 3.32. The smallest absolute Gasteiger partial charge is 0.343 e. The van der Waals surface area contributed by atoms with Crippen molar-refractivity contribution in [2.24, 2.45) is 0 Å². The summed E-state index contributed by atoms with van der Waals surface area (Å²) in [6, 6.07) is 1.77. The number of carbonyl (C=O) groups is 1. The van der Waals surface area contributed by atoms with Crippen LogP contribution in [0.2, 0.25) is 0 Å². The molecule has 0 N–H and O–H groups in total. The Balaban J connectivity index is 2.70. The van der Waals surface area contributed by atoms with Crippen LogP contribution >= 0.6 is 0 Å². The minimum absolute atomic E-state index is 0.249. The van der Waals surface area contributed by atoms with E-state index >= 15 is 0 Å². The van der Waals surface area contributed by atoms with E-state index in [1.54, 1.807) is 13.2 Å². The molecule has 0 aromatic heterocycles. The van der Waals surface area contributed by atoms with Gasteiger partial charge in [0, 0.05) is 5.56 Å². The number of carbonyl (C=O) groups excluding carboxylic acids is 1. The molecule has 1 atom stereocenters. The quantitative estimate of drug-likeness (QED) is 0.770. The molecule has 5 nitrogen and oxygen atoms in total. The second-order valence-electron chi connectivity index (χ2n) is 3.91. The highest BCUT2D eigenvalue weighted by Crippen LogP contribution is 2.48. The maximum atomic E-state index is 11.9. The van der Waals surface area contributed by atoms with Crippen LogP contribution in [0, 0.1) is 0 Å². The molecule has 1 heterocycles. The van der Waals surface area contributed by atoms with Gasteiger partial charge in [0.05, 0.1) is 21.3 Å². The average molecular weight is 252 g/mol. The summed E-state index contributed by atoms with van der Waals surface area (Å²) in [5.74, 6) is 0.930. The number of hydrogen-bond acceptors (Lipinski definition) is 5. The molecule has 0 saturated carbocycles. The van der Waals surface area contributed by atoms with Crippen molar-refractivity contribution in [3.05, 3.63) is 17.2 Å². The van der Waals surface area contributed by atoms with Crippen LogP contribution in [-0.4, -0.2) is 27.3 Å². The zero-order valence-corrected chi connectivity index (χ0v) is 10.9. The highest BCUT2D eigenvalue weighted by atomic mass is 16.6. The number of cyclic esters (lactones) is 1. The molecule has 1 aromatic carbocycles. The molecule has 0 saturated heterocycles. The fraction of sp³-hybridized carbons (Fsp3) is 0.462. The molecular weight excluding hydrogens is 236 g/mol. The first-order valence-corrected chi connectivity index (χ1v) is 5.71. The zero-order chi connectivity index (χ0) is 13.3. The number of esters is 1. The molecule has 1 aliphatic rings. The van der Waals surface area contributed by atoms with Crippen molar-refractivity contribution in [3.8, 4) is 17.2 Å². The Morgan fingerprint density at radius 3 is 2.33 bits per heavy atom. The van der Waals surface area contributed by atoms with Crippen LogP contribution in [0.1, 0.15) is 35.4 Å². The van der Waals surface area contributed by atoms with Gasteiger partial charge in [-0.15, -0.1) is 0 Å². The molecule has 18 heavy (non-hydrogen) atoms. The SMILES string of the molecule is CCC1OC(=O)c2c1cc(OC)c(OC)c2OC. The van der Waals surface area contributed by atoms with E-state index in [1.165, 1.54) is 14.2 Å². The molecule has 5 heteroatoms. The normalized spacial score (nSPS) is 17.1. The summed E-state index contributed by atoms with van der Waals surface area (Å²) in [6.07, 6.45) is 0.457. The minimum Gasteiger partial charge on any atom is -0.493 e. The van der Waals surface area contributed by atoms with Gasteiger partial charge in [-0.25, -0.2) is 4.79 Å². The third-order valence-electron chi connectivity index (χ3n) is 3.03. The summed E-state index contributed by atoms with van der Waals surface area (Å²) in [6.45, 7) is 1.95. The van der Waals surface area contributed by atoms with Crippen LogP contribution in [0.5, 0.6) is 17.2 Å². The average Bonchev–Trinajstić information content (AvgIpc) is 2.72. The number of benzene rings is 1. The molecule has 0 amide bonds. The fourth-order valence-electron chi connectivity index (χ4n) is 2.19. The van der Waals surface area contributed by atoms with Crippen molar-refractivity contribution in [2.45, 2.75) is 19.4 Å². The molecule has 0 spiro atoms. The molecule has 2 rings (SSSR count). The largest absolute Gasteiger partial charge is 0.493 e. The number of methoxy groups -OCH3 is 3. The van der Waals surface area contributed by atoms with E-state index in [0.29, 0.717) is 29.2 Å². The third-order valence-corrected chi connectivity index (χ3v) is 3.03. The number of ether oxygens (including phenoxy) is 4. The Morgan fingerprint density at radius 2 is 1.83 bits per heavy atom. The molecule has 0 bridgehead atoms. The van der Waals surface area contributed by atoms with Crippen molar-refractivity contribution in [3.63, 3.8) is 0 Å². The molecule has 0 aliphatic carbocycles. The summed E-state index contributed by atoms with van der Waals surface area (Å²) in [4.78, 5) is 11.9. The van der Waals surface area contributed by atoms with Gasteiger partial charge >= 0.3 is 5.97 Å². The number of rotatable bonds is 4. The lowest BCUT2D eigenvalue weighted by atomic mass is 10.0. The Labute approximate surface area is 106 Å². The maximum Gasteiger partial charge on any atom is 0.343 e. The predicted molar refractivity (Wildman–Crippen MR) is 64.5 cm³/mol. The van der Waals surface area contributed by atoms with E-state index < -0.39 is 0 Å². The molecule has 1 unspecified atom stereocenters. The van der Waals surface area contributed by atoms with Crippen LogP contribution in [0.15, 0.2) is 6.07 Å². The van der Waals surface area contributed by atoms with Gasteiger partial charge in [0.2, 0.25) is 5.75 Å². The van der Waals surface area contributed by atoms with Crippen molar-refractivity contribution < 1.29 is 23.7 Å². The molecular formula is C13H16O5. The third kappa shape index (κ3) is 1.66. The van der Waals surface area contributed by atoms with E-state index in [-0.39, 0.29) is 12.1 Å². The first-order chi connectivity index (χ1) is 8.67. The zero-order valence-electron chi connectivity index (χ0n) is 10.9. The molecule has 98 valence electrons. The van der Waals surface area contributed by atoms with E-state index in [9.17, 15) is 4.79 Å². The van der Waals surface area contributed by atoms with Crippen LogP contribution in [0.4, 0.5) is 0 Å². The molecule has 1 aromatic rings. The van der Waals surface area contributed by atoms with Crippen LogP contribution in [-0.2, 0) is 4.74 Å². The lowest BCUT2D eigenvalue weighted by Crippen LogP contribution is -2.02. The highest BCUT2D eigenvalue weighted by Gasteiger charge is 2.36. The number of fused-ring (bicyclic) bond motifs is 1. The summed E-state index contributed by atoms with van der Waals surface area (Å²) in [7, 11) is 4.54. The van der Waals surface area contributed by atoms with Crippen molar-refractivity contribution in [2.75, 3.05) is 21.3 Å². The Bertz CT molecular complexity index is 481. The second kappa shape index (κ2) is 4.76. The first kappa shape index (κ1) is 12.5. The topological polar surface area (TPSA) is 54.0 Å². The van der Waals surface area contributed by atoms with E-state index in [4.69, 9.17) is 18.9 Å². The van der Waals surface area contributed by atoms with Crippen molar-refractivity contribution in [1.29, 1.82) is 0 Å². The van der Waals surface area contributed by atoms with Crippen molar-refractivity contribution >= 4 is 5.97 Å². The van der Waals surface area contributed by atoms with Gasteiger partial charge in [0.1, 0.15) is 11.7 Å². The summed E-state index contributed by atoms with van der Waals surface area (Å²) in [5, 5.41) is 0. The lowest BCUT2D eigenvalue weighted by molar-refractivity contribution is 0.0376. The number of hydrogen-bond donors (Lipinski definition) is 0. The van der Waals surface area contributed by atoms with Crippen LogP contribution < -0.4 is 14.2 Å². The van der Waals surface area contributed by atoms with E-state index in [2.05, 4.69) is 0 Å². The first-order valence-electron chi connectivity index (χ1n) is 5.71. The monoisotopic (exact) mass is 252 g/mol. The van der Waals surface area contributed by atoms with Crippen LogP contribution in [0.25, 0.3) is 0 Å². The van der Waals surface area contributed by atoms with E-state index in [1.807, 2.05) is 6.92 Å².